The fraction of sp³-hybridized carbons (Fsp3) is 0.412. The van der Waals surface area contributed by atoms with Gasteiger partial charge >= 0.3 is 5.69 Å². The number of halogens is 1. The van der Waals surface area contributed by atoms with Crippen LogP contribution in [0.4, 0.5) is 0 Å². The van der Waals surface area contributed by atoms with Gasteiger partial charge in [0.1, 0.15) is 17.8 Å². The predicted molar refractivity (Wildman–Crippen MR) is 98.7 cm³/mol. The van der Waals surface area contributed by atoms with Crippen LogP contribution in [-0.4, -0.2) is 44.2 Å². The van der Waals surface area contributed by atoms with Gasteiger partial charge in [0, 0.05) is 22.3 Å². The number of hydrogen-bond donors (Lipinski definition) is 3. The Bertz CT molecular complexity index is 957. The molecule has 1 aromatic heterocycles. The van der Waals surface area contributed by atoms with Gasteiger partial charge < -0.3 is 19.7 Å². The molecular weight excluding hydrogens is 455 g/mol. The van der Waals surface area contributed by atoms with Crippen LogP contribution in [0.2, 0.25) is 0 Å². The summed E-state index contributed by atoms with van der Waals surface area (Å²) in [7, 11) is 0. The van der Waals surface area contributed by atoms with Gasteiger partial charge in [0.15, 0.2) is 6.23 Å². The average Bonchev–Trinajstić information content (AvgIpc) is 2.87. The zero-order valence-corrected chi connectivity index (χ0v) is 15.8. The fourth-order valence-electron chi connectivity index (χ4n) is 3.69. The third-order valence-corrected chi connectivity index (χ3v) is 5.71. The number of nitrogens with one attached hydrogen (secondary N) is 1. The second kappa shape index (κ2) is 6.57. The van der Waals surface area contributed by atoms with E-state index in [2.05, 4.69) is 27.6 Å². The summed E-state index contributed by atoms with van der Waals surface area (Å²) in [5, 5.41) is 20.8. The second-order valence-corrected chi connectivity index (χ2v) is 7.74. The van der Waals surface area contributed by atoms with Crippen molar-refractivity contribution in [3.05, 3.63) is 66.0 Å². The molecule has 2 aromatic rings. The molecule has 8 nitrogen and oxygen atoms in total. The molecule has 9 heteroatoms. The minimum absolute atomic E-state index is 0.274. The highest BCUT2D eigenvalue weighted by Crippen LogP contribution is 2.44. The van der Waals surface area contributed by atoms with Crippen LogP contribution in [0.25, 0.3) is 0 Å². The van der Waals surface area contributed by atoms with Gasteiger partial charge in [0.25, 0.3) is 5.56 Å². The molecule has 1 saturated heterocycles. The number of H-pyrrole nitrogens is 1. The topological polar surface area (TPSA) is 114 Å². The maximum absolute atomic E-state index is 12.1. The standard InChI is InChI=1S/C17H17IN2O6/c18-11-2-1-9-6-17(25-8-10(9)5-11)12(7-21)26-15(14(17)23)20-4-3-13(22)19-16(20)24/h1-5,12,14-15,21,23H,6-8H2,(H,19,22,24)/t12-,14+,15-,17-/m1/s1. The number of rotatable bonds is 2. The van der Waals surface area contributed by atoms with E-state index >= 15 is 0 Å². The first kappa shape index (κ1) is 17.9. The van der Waals surface area contributed by atoms with E-state index in [4.69, 9.17) is 9.47 Å². The van der Waals surface area contributed by atoms with E-state index in [1.54, 1.807) is 0 Å². The Labute approximate surface area is 161 Å². The number of ether oxygens (including phenoxy) is 2. The zero-order chi connectivity index (χ0) is 18.5. The van der Waals surface area contributed by atoms with Crippen LogP contribution >= 0.6 is 22.6 Å². The van der Waals surface area contributed by atoms with Gasteiger partial charge in [-0.25, -0.2) is 4.79 Å². The number of aliphatic hydroxyl groups is 2. The lowest BCUT2D eigenvalue weighted by Gasteiger charge is -2.40. The largest absolute Gasteiger partial charge is 0.394 e. The van der Waals surface area contributed by atoms with Crippen molar-refractivity contribution in [1.82, 2.24) is 9.55 Å². The molecule has 0 saturated carbocycles. The van der Waals surface area contributed by atoms with E-state index in [0.29, 0.717) is 6.42 Å². The highest BCUT2D eigenvalue weighted by atomic mass is 127. The zero-order valence-electron chi connectivity index (χ0n) is 13.6. The molecule has 2 aliphatic heterocycles. The van der Waals surface area contributed by atoms with Crippen molar-refractivity contribution in [2.24, 2.45) is 0 Å². The summed E-state index contributed by atoms with van der Waals surface area (Å²) in [5.74, 6) is 0. The lowest BCUT2D eigenvalue weighted by Crippen LogP contribution is -2.55. The van der Waals surface area contributed by atoms with E-state index in [9.17, 15) is 19.8 Å². The molecule has 1 fully saturated rings. The van der Waals surface area contributed by atoms with E-state index in [-0.39, 0.29) is 13.2 Å². The van der Waals surface area contributed by atoms with Gasteiger partial charge in [-0.2, -0.15) is 0 Å². The molecule has 138 valence electrons. The number of hydrogen-bond acceptors (Lipinski definition) is 6. The fourth-order valence-corrected chi connectivity index (χ4v) is 4.25. The molecule has 26 heavy (non-hydrogen) atoms. The molecule has 0 amide bonds. The van der Waals surface area contributed by atoms with Crippen LogP contribution in [0, 0.1) is 3.57 Å². The molecule has 1 spiro atoms. The smallest absolute Gasteiger partial charge is 0.330 e. The van der Waals surface area contributed by atoms with Crippen molar-refractivity contribution in [2.75, 3.05) is 6.61 Å². The lowest BCUT2D eigenvalue weighted by molar-refractivity contribution is -0.152. The van der Waals surface area contributed by atoms with Gasteiger partial charge in [-0.3, -0.25) is 14.3 Å². The highest BCUT2D eigenvalue weighted by molar-refractivity contribution is 14.1. The Morgan fingerprint density at radius 1 is 1.31 bits per heavy atom. The summed E-state index contributed by atoms with van der Waals surface area (Å²) in [4.78, 5) is 25.5. The van der Waals surface area contributed by atoms with Gasteiger partial charge in [0.05, 0.1) is 13.2 Å². The molecule has 4 atom stereocenters. The molecule has 2 aliphatic rings. The SMILES string of the molecule is O=c1ccn([C@@H]2O[C@H](CO)[C@]3(Cc4ccc(I)cc4CO3)[C@H]2O)c(=O)[nH]1. The van der Waals surface area contributed by atoms with Crippen LogP contribution in [0.5, 0.6) is 0 Å². The van der Waals surface area contributed by atoms with Crippen LogP contribution < -0.4 is 11.2 Å². The molecule has 0 unspecified atom stereocenters. The number of benzene rings is 1. The van der Waals surface area contributed by atoms with Crippen molar-refractivity contribution >= 4 is 22.6 Å². The number of fused-ring (bicyclic) bond motifs is 1. The summed E-state index contributed by atoms with van der Waals surface area (Å²) in [6, 6.07) is 7.14. The third-order valence-electron chi connectivity index (χ3n) is 5.04. The molecule has 0 aliphatic carbocycles. The van der Waals surface area contributed by atoms with Crippen molar-refractivity contribution in [3.8, 4) is 0 Å². The minimum atomic E-state index is -1.20. The van der Waals surface area contributed by atoms with E-state index in [1.165, 1.54) is 12.3 Å². The Morgan fingerprint density at radius 2 is 2.12 bits per heavy atom. The molecule has 3 N–H and O–H groups in total. The number of aliphatic hydroxyl groups excluding tert-OH is 2. The predicted octanol–water partition coefficient (Wildman–Crippen LogP) is -0.0965. The van der Waals surface area contributed by atoms with Gasteiger partial charge in [-0.05, 0) is 45.9 Å². The van der Waals surface area contributed by atoms with Gasteiger partial charge in [0.2, 0.25) is 0 Å². The molecule has 0 bridgehead atoms. The van der Waals surface area contributed by atoms with E-state index in [0.717, 1.165) is 19.3 Å². The number of aromatic amines is 1. The monoisotopic (exact) mass is 472 g/mol. The average molecular weight is 472 g/mol. The van der Waals surface area contributed by atoms with E-state index in [1.807, 2.05) is 18.2 Å². The van der Waals surface area contributed by atoms with Crippen LogP contribution in [0.3, 0.4) is 0 Å². The number of aromatic nitrogens is 2. The molecule has 4 rings (SSSR count). The van der Waals surface area contributed by atoms with Crippen LogP contribution in [0.15, 0.2) is 40.1 Å². The third kappa shape index (κ3) is 2.74. The molecular formula is C17H17IN2O6. The van der Waals surface area contributed by atoms with Crippen molar-refractivity contribution in [1.29, 1.82) is 0 Å². The summed E-state index contributed by atoms with van der Waals surface area (Å²) >= 11 is 2.22. The summed E-state index contributed by atoms with van der Waals surface area (Å²) < 4.78 is 14.0. The number of nitrogens with zero attached hydrogens (tertiary/aromatic N) is 1. The van der Waals surface area contributed by atoms with Crippen LogP contribution in [-0.2, 0) is 22.5 Å². The van der Waals surface area contributed by atoms with Crippen molar-refractivity contribution in [2.45, 2.75) is 37.1 Å². The molecule has 0 radical (unpaired) electrons. The van der Waals surface area contributed by atoms with Crippen LogP contribution in [0.1, 0.15) is 17.4 Å². The van der Waals surface area contributed by atoms with Gasteiger partial charge in [-0.15, -0.1) is 0 Å². The Morgan fingerprint density at radius 3 is 2.85 bits per heavy atom. The Kier molecular flexibility index (Phi) is 4.51. The highest BCUT2D eigenvalue weighted by Gasteiger charge is 2.59. The first-order valence-corrected chi connectivity index (χ1v) is 9.19. The minimum Gasteiger partial charge on any atom is -0.394 e. The summed E-state index contributed by atoms with van der Waals surface area (Å²) in [6.45, 7) is -0.0955. The molecule has 3 heterocycles. The van der Waals surface area contributed by atoms with E-state index < -0.39 is 35.3 Å². The Balaban J connectivity index is 1.73. The maximum atomic E-state index is 12.1. The maximum Gasteiger partial charge on any atom is 0.330 e. The normalized spacial score (nSPS) is 30.5. The summed E-state index contributed by atoms with van der Waals surface area (Å²) in [5.41, 5.74) is -0.372. The second-order valence-electron chi connectivity index (χ2n) is 6.49. The summed E-state index contributed by atoms with van der Waals surface area (Å²) in [6.07, 6.45) is -1.46. The first-order valence-electron chi connectivity index (χ1n) is 8.12. The lowest BCUT2D eigenvalue weighted by atomic mass is 9.82. The quantitative estimate of drug-likeness (QED) is 0.527. The van der Waals surface area contributed by atoms with Gasteiger partial charge in [-0.1, -0.05) is 6.07 Å². The van der Waals surface area contributed by atoms with Crippen molar-refractivity contribution in [3.63, 3.8) is 0 Å². The Hall–Kier alpha value is -1.53. The van der Waals surface area contributed by atoms with Crippen molar-refractivity contribution < 1.29 is 19.7 Å². The first-order chi connectivity index (χ1) is 12.4. The molecule has 1 aromatic carbocycles.